The second-order valence-electron chi connectivity index (χ2n) is 4.91. The predicted molar refractivity (Wildman–Crippen MR) is 68.9 cm³/mol. The van der Waals surface area contributed by atoms with E-state index in [-0.39, 0.29) is 11.7 Å². The van der Waals surface area contributed by atoms with Gasteiger partial charge in [0.15, 0.2) is 0 Å². The number of carbonyl (C=O) groups is 1. The summed E-state index contributed by atoms with van der Waals surface area (Å²) in [5.41, 5.74) is 0.291. The van der Waals surface area contributed by atoms with Crippen molar-refractivity contribution in [3.8, 4) is 11.5 Å². The van der Waals surface area contributed by atoms with E-state index in [1.165, 1.54) is 26.0 Å². The van der Waals surface area contributed by atoms with Crippen molar-refractivity contribution in [3.05, 3.63) is 23.8 Å². The molecule has 1 unspecified atom stereocenters. The number of phenolic OH excluding ortho intramolecular Hbond substituents is 1. The molecule has 0 aliphatic heterocycles. The second kappa shape index (κ2) is 5.29. The molecular weight excluding hydrogens is 230 g/mol. The highest BCUT2D eigenvalue weighted by molar-refractivity contribution is 5.96. The smallest absolute Gasteiger partial charge is 0.255 e. The molecule has 0 bridgehead atoms. The van der Waals surface area contributed by atoms with Gasteiger partial charge in [0.1, 0.15) is 11.5 Å². The third-order valence-electron chi connectivity index (χ3n) is 3.46. The minimum Gasteiger partial charge on any atom is -0.507 e. The lowest BCUT2D eigenvalue weighted by molar-refractivity contribution is 0.0944. The minimum absolute atomic E-state index is 0.0501. The Morgan fingerprint density at radius 2 is 2.28 bits per heavy atom. The number of phenols is 1. The fourth-order valence-electron chi connectivity index (χ4n) is 2.01. The van der Waals surface area contributed by atoms with Gasteiger partial charge in [-0.25, -0.2) is 0 Å². The van der Waals surface area contributed by atoms with E-state index < -0.39 is 0 Å². The van der Waals surface area contributed by atoms with Crippen molar-refractivity contribution in [2.75, 3.05) is 13.7 Å². The summed E-state index contributed by atoms with van der Waals surface area (Å²) in [5, 5.41) is 12.6. The van der Waals surface area contributed by atoms with Gasteiger partial charge in [-0.15, -0.1) is 0 Å². The lowest BCUT2D eigenvalue weighted by Crippen LogP contribution is -2.29. The highest BCUT2D eigenvalue weighted by atomic mass is 16.5. The zero-order chi connectivity index (χ0) is 13.1. The van der Waals surface area contributed by atoms with E-state index in [0.29, 0.717) is 23.8 Å². The molecule has 1 aromatic carbocycles. The molecule has 4 heteroatoms. The molecular formula is C14H19NO3. The summed E-state index contributed by atoms with van der Waals surface area (Å²) in [6.45, 7) is 2.81. The first-order valence-corrected chi connectivity index (χ1v) is 6.27. The summed E-state index contributed by atoms with van der Waals surface area (Å²) in [5.74, 6) is 1.52. The Hall–Kier alpha value is -1.71. The van der Waals surface area contributed by atoms with Crippen molar-refractivity contribution in [2.24, 2.45) is 11.8 Å². The first kappa shape index (κ1) is 12.7. The molecule has 2 rings (SSSR count). The number of carbonyl (C=O) groups excluding carboxylic acids is 1. The molecule has 0 heterocycles. The third-order valence-corrected chi connectivity index (χ3v) is 3.46. The molecule has 1 saturated carbocycles. The van der Waals surface area contributed by atoms with Crippen molar-refractivity contribution in [1.29, 1.82) is 0 Å². The molecule has 2 N–H and O–H groups in total. The van der Waals surface area contributed by atoms with Crippen LogP contribution in [0.15, 0.2) is 18.2 Å². The Bertz CT molecular complexity index is 441. The number of amides is 1. The van der Waals surface area contributed by atoms with Crippen LogP contribution >= 0.6 is 0 Å². The Morgan fingerprint density at radius 3 is 2.83 bits per heavy atom. The first-order valence-electron chi connectivity index (χ1n) is 6.27. The minimum atomic E-state index is -0.234. The van der Waals surface area contributed by atoms with E-state index in [9.17, 15) is 9.90 Å². The van der Waals surface area contributed by atoms with Gasteiger partial charge in [-0.1, -0.05) is 6.92 Å². The lowest BCUT2D eigenvalue weighted by Gasteiger charge is -2.12. The average molecular weight is 249 g/mol. The van der Waals surface area contributed by atoms with Crippen LogP contribution in [-0.2, 0) is 0 Å². The van der Waals surface area contributed by atoms with Gasteiger partial charge >= 0.3 is 0 Å². The fourth-order valence-corrected chi connectivity index (χ4v) is 2.01. The highest BCUT2D eigenvalue weighted by Gasteiger charge is 2.28. The van der Waals surface area contributed by atoms with Gasteiger partial charge in [-0.05, 0) is 36.8 Å². The summed E-state index contributed by atoms with van der Waals surface area (Å²) in [6, 6.07) is 4.68. The zero-order valence-electron chi connectivity index (χ0n) is 10.8. The number of rotatable bonds is 5. The van der Waals surface area contributed by atoms with Crippen LogP contribution in [0.2, 0.25) is 0 Å². The SMILES string of the molecule is COc1ccc(C(=O)NCC(C)C2CC2)c(O)c1. The van der Waals surface area contributed by atoms with Crippen LogP contribution in [0, 0.1) is 11.8 Å². The van der Waals surface area contributed by atoms with Gasteiger partial charge < -0.3 is 15.2 Å². The maximum absolute atomic E-state index is 11.9. The molecule has 1 aromatic rings. The molecule has 4 nitrogen and oxygen atoms in total. The molecule has 1 aliphatic rings. The van der Waals surface area contributed by atoms with Gasteiger partial charge in [-0.3, -0.25) is 4.79 Å². The van der Waals surface area contributed by atoms with Crippen molar-refractivity contribution < 1.29 is 14.6 Å². The van der Waals surface area contributed by atoms with Gasteiger partial charge in [0.25, 0.3) is 5.91 Å². The summed E-state index contributed by atoms with van der Waals surface area (Å²) in [7, 11) is 1.52. The monoisotopic (exact) mass is 249 g/mol. The number of benzene rings is 1. The van der Waals surface area contributed by atoms with Crippen molar-refractivity contribution in [2.45, 2.75) is 19.8 Å². The van der Waals surface area contributed by atoms with Crippen LogP contribution in [0.25, 0.3) is 0 Å². The van der Waals surface area contributed by atoms with Crippen molar-refractivity contribution >= 4 is 5.91 Å². The third kappa shape index (κ3) is 2.94. The zero-order valence-corrected chi connectivity index (χ0v) is 10.8. The molecule has 0 aromatic heterocycles. The quantitative estimate of drug-likeness (QED) is 0.841. The predicted octanol–water partition coefficient (Wildman–Crippen LogP) is 2.18. The molecule has 18 heavy (non-hydrogen) atoms. The van der Waals surface area contributed by atoms with Crippen molar-refractivity contribution in [3.63, 3.8) is 0 Å². The van der Waals surface area contributed by atoms with Gasteiger partial charge in [0, 0.05) is 12.6 Å². The maximum Gasteiger partial charge on any atom is 0.255 e. The molecule has 1 fully saturated rings. The molecule has 1 aliphatic carbocycles. The number of ether oxygens (including phenoxy) is 1. The van der Waals surface area contributed by atoms with Crippen LogP contribution in [0.3, 0.4) is 0 Å². The van der Waals surface area contributed by atoms with Crippen LogP contribution in [0.1, 0.15) is 30.1 Å². The molecule has 0 saturated heterocycles. The van der Waals surface area contributed by atoms with Crippen LogP contribution < -0.4 is 10.1 Å². The van der Waals surface area contributed by atoms with Crippen LogP contribution in [0.5, 0.6) is 11.5 Å². The number of hydrogen-bond acceptors (Lipinski definition) is 3. The Balaban J connectivity index is 1.95. The standard InChI is InChI=1S/C14H19NO3/c1-9(10-3-4-10)8-15-14(17)12-6-5-11(18-2)7-13(12)16/h5-7,9-10,16H,3-4,8H2,1-2H3,(H,15,17). The average Bonchev–Trinajstić information content (AvgIpc) is 3.19. The lowest BCUT2D eigenvalue weighted by atomic mass is 10.1. The Morgan fingerprint density at radius 1 is 1.56 bits per heavy atom. The van der Waals surface area contributed by atoms with E-state index in [1.54, 1.807) is 12.1 Å². The molecule has 0 radical (unpaired) electrons. The van der Waals surface area contributed by atoms with E-state index in [4.69, 9.17) is 4.74 Å². The van der Waals surface area contributed by atoms with Gasteiger partial charge in [0.2, 0.25) is 0 Å². The van der Waals surface area contributed by atoms with E-state index in [2.05, 4.69) is 12.2 Å². The largest absolute Gasteiger partial charge is 0.507 e. The summed E-state index contributed by atoms with van der Waals surface area (Å²) in [4.78, 5) is 11.9. The number of methoxy groups -OCH3 is 1. The number of nitrogens with one attached hydrogen (secondary N) is 1. The van der Waals surface area contributed by atoms with Gasteiger partial charge in [-0.2, -0.15) is 0 Å². The topological polar surface area (TPSA) is 58.6 Å². The first-order chi connectivity index (χ1) is 8.61. The fraction of sp³-hybridized carbons (Fsp3) is 0.500. The van der Waals surface area contributed by atoms with Gasteiger partial charge in [0.05, 0.1) is 12.7 Å². The molecule has 1 amide bonds. The summed E-state index contributed by atoms with van der Waals surface area (Å²) < 4.78 is 4.98. The Kier molecular flexibility index (Phi) is 3.75. The molecule has 1 atom stereocenters. The molecule has 0 spiro atoms. The Labute approximate surface area is 107 Å². The second-order valence-corrected chi connectivity index (χ2v) is 4.91. The molecule has 98 valence electrons. The highest BCUT2D eigenvalue weighted by Crippen LogP contribution is 2.36. The summed E-state index contributed by atoms with van der Waals surface area (Å²) in [6.07, 6.45) is 2.54. The van der Waals surface area contributed by atoms with Crippen LogP contribution in [-0.4, -0.2) is 24.7 Å². The summed E-state index contributed by atoms with van der Waals surface area (Å²) >= 11 is 0. The van der Waals surface area contributed by atoms with Crippen molar-refractivity contribution in [1.82, 2.24) is 5.32 Å². The van der Waals surface area contributed by atoms with E-state index in [1.807, 2.05) is 0 Å². The maximum atomic E-state index is 11.9. The van der Waals surface area contributed by atoms with E-state index in [0.717, 1.165) is 5.92 Å². The number of hydrogen-bond donors (Lipinski definition) is 2. The normalized spacial score (nSPS) is 16.1. The van der Waals surface area contributed by atoms with E-state index >= 15 is 0 Å². The van der Waals surface area contributed by atoms with Crippen LogP contribution in [0.4, 0.5) is 0 Å². The number of aromatic hydroxyl groups is 1.